The van der Waals surface area contributed by atoms with E-state index in [1.165, 1.54) is 31.4 Å². The zero-order valence-corrected chi connectivity index (χ0v) is 14.4. The lowest BCUT2D eigenvalue weighted by molar-refractivity contribution is 0.0729. The predicted molar refractivity (Wildman–Crippen MR) is 99.8 cm³/mol. The molecule has 0 spiro atoms. The van der Waals surface area contributed by atoms with E-state index in [0.29, 0.717) is 11.6 Å². The smallest absolute Gasteiger partial charge is 0.343 e. The third-order valence-electron chi connectivity index (χ3n) is 3.53. The maximum absolute atomic E-state index is 13.0. The summed E-state index contributed by atoms with van der Waals surface area (Å²) >= 11 is 0. The number of benzene rings is 2. The second-order valence-electron chi connectivity index (χ2n) is 5.39. The highest BCUT2D eigenvalue weighted by Gasteiger charge is 2.13. The fourth-order valence-corrected chi connectivity index (χ4v) is 2.20. The van der Waals surface area contributed by atoms with Gasteiger partial charge in [0.05, 0.1) is 18.9 Å². The van der Waals surface area contributed by atoms with Crippen molar-refractivity contribution >= 4 is 18.0 Å². The van der Waals surface area contributed by atoms with Crippen molar-refractivity contribution in [1.29, 1.82) is 0 Å². The van der Waals surface area contributed by atoms with Crippen molar-refractivity contribution in [1.82, 2.24) is 4.98 Å². The molecule has 6 nitrogen and oxygen atoms in total. The number of carbonyl (C=O) groups is 1. The van der Waals surface area contributed by atoms with E-state index in [1.54, 1.807) is 36.7 Å². The minimum atomic E-state index is -0.605. The van der Waals surface area contributed by atoms with Crippen LogP contribution in [0.3, 0.4) is 0 Å². The number of halogens is 1. The van der Waals surface area contributed by atoms with Gasteiger partial charge in [-0.25, -0.2) is 14.2 Å². The van der Waals surface area contributed by atoms with Crippen molar-refractivity contribution in [3.05, 3.63) is 83.8 Å². The molecule has 0 aliphatic rings. The van der Waals surface area contributed by atoms with Gasteiger partial charge in [0.1, 0.15) is 11.6 Å². The molecule has 0 bridgehead atoms. The number of methoxy groups -OCH3 is 1. The van der Waals surface area contributed by atoms with E-state index in [-0.39, 0.29) is 11.3 Å². The molecular formula is C20H16FN3O3. The Morgan fingerprint density at radius 3 is 2.63 bits per heavy atom. The number of ether oxygens (including phenoxy) is 2. The molecule has 2 aromatic carbocycles. The van der Waals surface area contributed by atoms with Crippen LogP contribution in [0, 0.1) is 5.82 Å². The average molecular weight is 365 g/mol. The molecular weight excluding hydrogens is 349 g/mol. The molecule has 0 aliphatic heterocycles. The van der Waals surface area contributed by atoms with Gasteiger partial charge in [0.25, 0.3) is 0 Å². The van der Waals surface area contributed by atoms with Gasteiger partial charge in [-0.3, -0.25) is 5.43 Å². The van der Waals surface area contributed by atoms with E-state index in [9.17, 15) is 9.18 Å². The third kappa shape index (κ3) is 4.88. The van der Waals surface area contributed by atoms with Crippen molar-refractivity contribution in [2.75, 3.05) is 12.5 Å². The molecule has 1 aromatic heterocycles. The minimum Gasteiger partial charge on any atom is -0.493 e. The summed E-state index contributed by atoms with van der Waals surface area (Å²) in [6.45, 7) is 0. The molecule has 0 radical (unpaired) electrons. The van der Waals surface area contributed by atoms with Crippen molar-refractivity contribution in [3.8, 4) is 11.5 Å². The topological polar surface area (TPSA) is 72.8 Å². The molecule has 0 amide bonds. The van der Waals surface area contributed by atoms with Gasteiger partial charge in [-0.2, -0.15) is 5.10 Å². The Kier molecular flexibility index (Phi) is 5.73. The lowest BCUT2D eigenvalue weighted by Crippen LogP contribution is -2.09. The first kappa shape index (κ1) is 18.1. The van der Waals surface area contributed by atoms with Crippen LogP contribution in [0.2, 0.25) is 0 Å². The van der Waals surface area contributed by atoms with Crippen molar-refractivity contribution < 1.29 is 18.7 Å². The maximum Gasteiger partial charge on any atom is 0.343 e. The highest BCUT2D eigenvalue weighted by molar-refractivity contribution is 5.91. The molecule has 3 rings (SSSR count). The largest absolute Gasteiger partial charge is 0.493 e. The van der Waals surface area contributed by atoms with Crippen molar-refractivity contribution in [2.24, 2.45) is 5.10 Å². The summed E-state index contributed by atoms with van der Waals surface area (Å²) in [4.78, 5) is 16.3. The summed E-state index contributed by atoms with van der Waals surface area (Å²) in [5.74, 6) is 0.207. The number of anilines is 1. The van der Waals surface area contributed by atoms with Crippen molar-refractivity contribution in [2.45, 2.75) is 0 Å². The summed E-state index contributed by atoms with van der Waals surface area (Å²) in [6, 6.07) is 15.5. The maximum atomic E-state index is 13.0. The van der Waals surface area contributed by atoms with E-state index >= 15 is 0 Å². The molecule has 0 fully saturated rings. The summed E-state index contributed by atoms with van der Waals surface area (Å²) in [6.07, 6.45) is 3.24. The number of rotatable bonds is 6. The van der Waals surface area contributed by atoms with E-state index in [2.05, 4.69) is 15.5 Å². The molecule has 7 heteroatoms. The molecule has 0 atom stereocenters. The Hall–Kier alpha value is -3.74. The van der Waals surface area contributed by atoms with Crippen LogP contribution in [0.4, 0.5) is 10.2 Å². The monoisotopic (exact) mass is 365 g/mol. The lowest BCUT2D eigenvalue weighted by atomic mass is 10.2. The van der Waals surface area contributed by atoms with Gasteiger partial charge in [-0.15, -0.1) is 0 Å². The first-order valence-corrected chi connectivity index (χ1v) is 8.01. The number of hydrogen-bond donors (Lipinski definition) is 1. The molecule has 0 saturated carbocycles. The van der Waals surface area contributed by atoms with Gasteiger partial charge in [0, 0.05) is 6.20 Å². The van der Waals surface area contributed by atoms with Crippen LogP contribution < -0.4 is 14.9 Å². The summed E-state index contributed by atoms with van der Waals surface area (Å²) < 4.78 is 23.6. The molecule has 0 saturated heterocycles. The van der Waals surface area contributed by atoms with Crippen LogP contribution >= 0.6 is 0 Å². The molecule has 1 N–H and O–H groups in total. The summed E-state index contributed by atoms with van der Waals surface area (Å²) in [5.41, 5.74) is 3.78. The van der Waals surface area contributed by atoms with E-state index in [4.69, 9.17) is 9.47 Å². The predicted octanol–water partition coefficient (Wildman–Crippen LogP) is 3.89. The molecule has 0 aliphatic carbocycles. The molecule has 136 valence electrons. The number of carbonyl (C=O) groups excluding carboxylic acids is 1. The lowest BCUT2D eigenvalue weighted by Gasteiger charge is -2.10. The molecule has 27 heavy (non-hydrogen) atoms. The number of pyridine rings is 1. The van der Waals surface area contributed by atoms with Gasteiger partial charge in [-0.1, -0.05) is 6.07 Å². The number of hydrogen-bond acceptors (Lipinski definition) is 6. The Morgan fingerprint density at radius 2 is 1.93 bits per heavy atom. The molecule has 3 aromatic rings. The molecule has 1 heterocycles. The SMILES string of the molecule is COc1cc(/C=N/Nc2ccccn2)ccc1OC(=O)c1ccc(F)cc1. The van der Waals surface area contributed by atoms with E-state index < -0.39 is 11.8 Å². The summed E-state index contributed by atoms with van der Waals surface area (Å²) in [5, 5.41) is 4.10. The van der Waals surface area contributed by atoms with E-state index in [1.807, 2.05) is 12.1 Å². The fraction of sp³-hybridized carbons (Fsp3) is 0.0500. The van der Waals surface area contributed by atoms with Gasteiger partial charge in [-0.05, 0) is 60.2 Å². The first-order chi connectivity index (χ1) is 13.2. The normalized spacial score (nSPS) is 10.6. The number of nitrogens with zero attached hydrogens (tertiary/aromatic N) is 2. The van der Waals surface area contributed by atoms with Crippen LogP contribution in [0.1, 0.15) is 15.9 Å². The molecule has 0 unspecified atom stereocenters. The second kappa shape index (κ2) is 8.57. The fourth-order valence-electron chi connectivity index (χ4n) is 2.20. The van der Waals surface area contributed by atoms with Crippen molar-refractivity contribution in [3.63, 3.8) is 0 Å². The Balaban J connectivity index is 1.70. The van der Waals surface area contributed by atoms with Crippen LogP contribution in [-0.4, -0.2) is 24.3 Å². The van der Waals surface area contributed by atoms with Gasteiger partial charge in [0.15, 0.2) is 11.5 Å². The minimum absolute atomic E-state index is 0.239. The highest BCUT2D eigenvalue weighted by Crippen LogP contribution is 2.28. The second-order valence-corrected chi connectivity index (χ2v) is 5.39. The van der Waals surface area contributed by atoms with Crippen LogP contribution in [0.25, 0.3) is 0 Å². The number of aromatic nitrogens is 1. The Morgan fingerprint density at radius 1 is 1.11 bits per heavy atom. The third-order valence-corrected chi connectivity index (χ3v) is 3.53. The number of esters is 1. The number of nitrogens with one attached hydrogen (secondary N) is 1. The van der Waals surface area contributed by atoms with Crippen LogP contribution in [-0.2, 0) is 0 Å². The van der Waals surface area contributed by atoms with Gasteiger partial charge >= 0.3 is 5.97 Å². The number of hydrazone groups is 1. The quantitative estimate of drug-likeness (QED) is 0.310. The zero-order valence-electron chi connectivity index (χ0n) is 14.4. The Bertz CT molecular complexity index is 944. The van der Waals surface area contributed by atoms with Crippen LogP contribution in [0.5, 0.6) is 11.5 Å². The highest BCUT2D eigenvalue weighted by atomic mass is 19.1. The van der Waals surface area contributed by atoms with Crippen LogP contribution in [0.15, 0.2) is 72.0 Å². The summed E-state index contributed by atoms with van der Waals surface area (Å²) in [7, 11) is 1.47. The standard InChI is InChI=1S/C20H16FN3O3/c1-26-18-12-14(13-23-24-19-4-2-3-11-22-19)5-10-17(18)27-20(25)15-6-8-16(21)9-7-15/h2-13H,1H3,(H,22,24)/b23-13+. The first-order valence-electron chi connectivity index (χ1n) is 8.01. The van der Waals surface area contributed by atoms with Gasteiger partial charge in [0.2, 0.25) is 0 Å². The van der Waals surface area contributed by atoms with E-state index in [0.717, 1.165) is 5.56 Å². The zero-order chi connectivity index (χ0) is 19.1. The Labute approximate surface area is 155 Å². The van der Waals surface area contributed by atoms with Gasteiger partial charge < -0.3 is 9.47 Å². The average Bonchev–Trinajstić information content (AvgIpc) is 2.70.